The molecule has 0 saturated carbocycles. The highest BCUT2D eigenvalue weighted by molar-refractivity contribution is 6.34. The number of morpholine rings is 1. The van der Waals surface area contributed by atoms with E-state index in [1.807, 2.05) is 6.07 Å². The normalized spacial score (nSPS) is 14.9. The highest BCUT2D eigenvalue weighted by atomic mass is 35.5. The molecule has 6 nitrogen and oxygen atoms in total. The fraction of sp³-hybridized carbons (Fsp3) is 0.333. The topological polar surface area (TPSA) is 67.6 Å². The van der Waals surface area contributed by atoms with Crippen LogP contribution in [0.5, 0.6) is 0 Å². The lowest BCUT2D eigenvalue weighted by molar-refractivity contribution is 0.0988. The van der Waals surface area contributed by atoms with Crippen molar-refractivity contribution >= 4 is 28.9 Å². The Balaban J connectivity index is 1.86. The molecule has 3 rings (SSSR count). The third-order valence-corrected chi connectivity index (χ3v) is 3.72. The second-order valence-electron chi connectivity index (χ2n) is 5.02. The quantitative estimate of drug-likeness (QED) is 0.941. The third-order valence-electron chi connectivity index (χ3n) is 3.41. The summed E-state index contributed by atoms with van der Waals surface area (Å²) in [5.74, 6) is -0.178. The second kappa shape index (κ2) is 6.37. The Kier molecular flexibility index (Phi) is 4.31. The summed E-state index contributed by atoms with van der Waals surface area (Å²) in [4.78, 5) is 14.3. The van der Waals surface area contributed by atoms with E-state index in [1.165, 1.54) is 0 Å². The van der Waals surface area contributed by atoms with Crippen molar-refractivity contribution in [2.45, 2.75) is 6.92 Å². The van der Waals surface area contributed by atoms with Gasteiger partial charge in [-0.15, -0.1) is 0 Å². The minimum Gasteiger partial charge on any atom is -0.378 e. The van der Waals surface area contributed by atoms with E-state index >= 15 is 0 Å². The van der Waals surface area contributed by atoms with Gasteiger partial charge in [0.15, 0.2) is 0 Å². The molecule has 1 aliphatic rings. The molecule has 0 spiro atoms. The zero-order chi connectivity index (χ0) is 15.5. The summed E-state index contributed by atoms with van der Waals surface area (Å²) >= 11 is 6.33. The molecule has 1 aromatic heterocycles. The summed E-state index contributed by atoms with van der Waals surface area (Å²) in [5.41, 5.74) is 2.11. The molecule has 116 valence electrons. The molecule has 0 unspecified atom stereocenters. The molecule has 1 amide bonds. The SMILES string of the molecule is Cc1cc(C(=O)Nc2cccc(Cl)c2N2CCOCC2)on1. The van der Waals surface area contributed by atoms with Crippen LogP contribution in [0.1, 0.15) is 16.2 Å². The second-order valence-corrected chi connectivity index (χ2v) is 5.43. The first-order valence-corrected chi connectivity index (χ1v) is 7.39. The van der Waals surface area contributed by atoms with E-state index < -0.39 is 0 Å². The number of nitrogens with zero attached hydrogens (tertiary/aromatic N) is 2. The monoisotopic (exact) mass is 321 g/mol. The van der Waals surface area contributed by atoms with Crippen LogP contribution in [-0.2, 0) is 4.74 Å². The van der Waals surface area contributed by atoms with Crippen LogP contribution in [-0.4, -0.2) is 37.4 Å². The molecule has 1 N–H and O–H groups in total. The van der Waals surface area contributed by atoms with E-state index in [9.17, 15) is 4.79 Å². The van der Waals surface area contributed by atoms with Crippen molar-refractivity contribution in [2.75, 3.05) is 36.5 Å². The number of halogens is 1. The van der Waals surface area contributed by atoms with Crippen LogP contribution in [0.15, 0.2) is 28.8 Å². The van der Waals surface area contributed by atoms with Gasteiger partial charge in [0.1, 0.15) is 0 Å². The summed E-state index contributed by atoms with van der Waals surface area (Å²) in [6.45, 7) is 4.50. The van der Waals surface area contributed by atoms with E-state index in [0.717, 1.165) is 18.8 Å². The predicted molar refractivity (Wildman–Crippen MR) is 83.7 cm³/mol. The minimum atomic E-state index is -0.350. The Morgan fingerprint density at radius 2 is 2.14 bits per heavy atom. The lowest BCUT2D eigenvalue weighted by Gasteiger charge is -2.31. The molecule has 0 radical (unpaired) electrons. The van der Waals surface area contributed by atoms with Gasteiger partial charge in [0.05, 0.1) is 35.3 Å². The van der Waals surface area contributed by atoms with Crippen LogP contribution < -0.4 is 10.2 Å². The molecule has 1 aliphatic heterocycles. The Morgan fingerprint density at radius 1 is 1.36 bits per heavy atom. The van der Waals surface area contributed by atoms with Crippen LogP contribution in [0.25, 0.3) is 0 Å². The van der Waals surface area contributed by atoms with Crippen LogP contribution in [0, 0.1) is 6.92 Å². The minimum absolute atomic E-state index is 0.172. The number of anilines is 2. The maximum Gasteiger partial charge on any atom is 0.294 e. The number of nitrogens with one attached hydrogen (secondary N) is 1. The van der Waals surface area contributed by atoms with Crippen LogP contribution in [0.4, 0.5) is 11.4 Å². The number of amides is 1. The van der Waals surface area contributed by atoms with Gasteiger partial charge < -0.3 is 19.5 Å². The molecule has 22 heavy (non-hydrogen) atoms. The van der Waals surface area contributed by atoms with Crippen LogP contribution >= 0.6 is 11.6 Å². The molecule has 2 heterocycles. The van der Waals surface area contributed by atoms with E-state index in [0.29, 0.717) is 29.6 Å². The average molecular weight is 322 g/mol. The van der Waals surface area contributed by atoms with Gasteiger partial charge in [-0.05, 0) is 19.1 Å². The number of benzene rings is 1. The first-order chi connectivity index (χ1) is 10.6. The Labute approximate surface area is 133 Å². The molecule has 0 atom stereocenters. The molecule has 1 aromatic carbocycles. The third kappa shape index (κ3) is 3.08. The Bertz CT molecular complexity index is 680. The number of hydrogen-bond donors (Lipinski definition) is 1. The highest BCUT2D eigenvalue weighted by Crippen LogP contribution is 2.34. The van der Waals surface area contributed by atoms with Gasteiger partial charge in [0, 0.05) is 19.2 Å². The number of aromatic nitrogens is 1. The average Bonchev–Trinajstić information content (AvgIpc) is 2.95. The molecule has 1 saturated heterocycles. The van der Waals surface area contributed by atoms with Crippen molar-refractivity contribution in [3.05, 3.63) is 40.7 Å². The molecule has 1 fully saturated rings. The summed E-state index contributed by atoms with van der Waals surface area (Å²) in [6, 6.07) is 7.01. The van der Waals surface area contributed by atoms with E-state index in [4.69, 9.17) is 20.9 Å². The van der Waals surface area contributed by atoms with Crippen molar-refractivity contribution in [3.63, 3.8) is 0 Å². The molecule has 0 bridgehead atoms. The van der Waals surface area contributed by atoms with Gasteiger partial charge >= 0.3 is 0 Å². The first-order valence-electron chi connectivity index (χ1n) is 7.01. The van der Waals surface area contributed by atoms with E-state index in [1.54, 1.807) is 25.1 Å². The Hall–Kier alpha value is -2.05. The zero-order valence-electron chi connectivity index (χ0n) is 12.1. The standard InChI is InChI=1S/C15H16ClN3O3/c1-10-9-13(22-18-10)15(20)17-12-4-2-3-11(16)14(12)19-5-7-21-8-6-19/h2-4,9H,5-8H2,1H3,(H,17,20). The summed E-state index contributed by atoms with van der Waals surface area (Å²) in [7, 11) is 0. The van der Waals surface area contributed by atoms with Crippen molar-refractivity contribution in [2.24, 2.45) is 0 Å². The van der Waals surface area contributed by atoms with Crippen molar-refractivity contribution in [1.29, 1.82) is 0 Å². The van der Waals surface area contributed by atoms with Gasteiger partial charge in [0.2, 0.25) is 5.76 Å². The van der Waals surface area contributed by atoms with E-state index in [2.05, 4.69) is 15.4 Å². The smallest absolute Gasteiger partial charge is 0.294 e. The van der Waals surface area contributed by atoms with Crippen LogP contribution in [0.3, 0.4) is 0 Å². The number of carbonyl (C=O) groups is 1. The molecule has 2 aromatic rings. The lowest BCUT2D eigenvalue weighted by Crippen LogP contribution is -2.37. The molecular formula is C15H16ClN3O3. The first kappa shape index (κ1) is 14.9. The maximum absolute atomic E-state index is 12.2. The fourth-order valence-electron chi connectivity index (χ4n) is 2.38. The summed E-state index contributed by atoms with van der Waals surface area (Å²) in [6.07, 6.45) is 0. The Morgan fingerprint density at radius 3 is 2.82 bits per heavy atom. The number of hydrogen-bond acceptors (Lipinski definition) is 5. The van der Waals surface area contributed by atoms with Gasteiger partial charge in [0.25, 0.3) is 5.91 Å². The molecular weight excluding hydrogens is 306 g/mol. The van der Waals surface area contributed by atoms with Gasteiger partial charge in [-0.3, -0.25) is 4.79 Å². The maximum atomic E-state index is 12.2. The molecule has 0 aliphatic carbocycles. The number of ether oxygens (including phenoxy) is 1. The van der Waals surface area contributed by atoms with Gasteiger partial charge in [-0.1, -0.05) is 22.8 Å². The number of para-hydroxylation sites is 1. The number of rotatable bonds is 3. The van der Waals surface area contributed by atoms with Crippen molar-refractivity contribution < 1.29 is 14.1 Å². The lowest BCUT2D eigenvalue weighted by atomic mass is 10.2. The highest BCUT2D eigenvalue weighted by Gasteiger charge is 2.20. The van der Waals surface area contributed by atoms with Crippen molar-refractivity contribution in [1.82, 2.24) is 5.16 Å². The number of aryl methyl sites for hydroxylation is 1. The van der Waals surface area contributed by atoms with Gasteiger partial charge in [-0.25, -0.2) is 0 Å². The molecule has 7 heteroatoms. The number of carbonyl (C=O) groups excluding carboxylic acids is 1. The zero-order valence-corrected chi connectivity index (χ0v) is 12.9. The van der Waals surface area contributed by atoms with Crippen molar-refractivity contribution in [3.8, 4) is 0 Å². The summed E-state index contributed by atoms with van der Waals surface area (Å²) in [5, 5.41) is 7.15. The van der Waals surface area contributed by atoms with E-state index in [-0.39, 0.29) is 11.7 Å². The summed E-state index contributed by atoms with van der Waals surface area (Å²) < 4.78 is 10.3. The predicted octanol–water partition coefficient (Wildman–Crippen LogP) is 2.73. The van der Waals surface area contributed by atoms with Crippen LogP contribution in [0.2, 0.25) is 5.02 Å². The fourth-order valence-corrected chi connectivity index (χ4v) is 2.67. The largest absolute Gasteiger partial charge is 0.378 e. The van der Waals surface area contributed by atoms with Gasteiger partial charge in [-0.2, -0.15) is 0 Å².